The zero-order valence-corrected chi connectivity index (χ0v) is 16.1. The number of ether oxygens (including phenoxy) is 3. The summed E-state index contributed by atoms with van der Waals surface area (Å²) in [4.78, 5) is 24.5. The molecule has 150 valence electrons. The fraction of sp³-hybridized carbons (Fsp3) is 0.636. The maximum atomic E-state index is 12.4. The normalized spacial score (nSPS) is 31.6. The van der Waals surface area contributed by atoms with Crippen molar-refractivity contribution in [3.05, 3.63) is 23.8 Å². The molecular weight excluding hydrogens is 358 g/mol. The maximum absolute atomic E-state index is 12.4. The predicted octanol–water partition coefficient (Wildman–Crippen LogP) is 3.18. The third-order valence-corrected chi connectivity index (χ3v) is 6.98. The number of carbonyl (C=O) groups excluding carboxylic acids is 2. The summed E-state index contributed by atoms with van der Waals surface area (Å²) in [6, 6.07) is 5.56. The lowest BCUT2D eigenvalue weighted by Gasteiger charge is -2.56. The average molecular weight is 385 g/mol. The highest BCUT2D eigenvalue weighted by Gasteiger charge is 2.51. The van der Waals surface area contributed by atoms with Crippen molar-refractivity contribution in [2.75, 3.05) is 13.4 Å². The Morgan fingerprint density at radius 2 is 1.71 bits per heavy atom. The summed E-state index contributed by atoms with van der Waals surface area (Å²) in [6.45, 7) is 0.378. The molecule has 1 heterocycles. The van der Waals surface area contributed by atoms with Crippen molar-refractivity contribution in [3.8, 4) is 11.5 Å². The first-order chi connectivity index (χ1) is 13.6. The molecule has 4 bridgehead atoms. The van der Waals surface area contributed by atoms with Crippen molar-refractivity contribution >= 4 is 11.9 Å². The molecule has 0 radical (unpaired) electrons. The summed E-state index contributed by atoms with van der Waals surface area (Å²) >= 11 is 0. The number of esters is 1. The molecule has 4 saturated carbocycles. The highest BCUT2D eigenvalue weighted by atomic mass is 16.7. The van der Waals surface area contributed by atoms with Gasteiger partial charge in [0.05, 0.1) is 6.42 Å². The molecule has 1 amide bonds. The first-order valence-electron chi connectivity index (χ1n) is 10.4. The molecule has 0 saturated heterocycles. The van der Waals surface area contributed by atoms with Gasteiger partial charge < -0.3 is 19.5 Å². The summed E-state index contributed by atoms with van der Waals surface area (Å²) < 4.78 is 15.9. The third-order valence-electron chi connectivity index (χ3n) is 6.98. The van der Waals surface area contributed by atoms with Gasteiger partial charge in [0.25, 0.3) is 5.91 Å². The summed E-state index contributed by atoms with van der Waals surface area (Å²) in [7, 11) is 0. The van der Waals surface area contributed by atoms with Gasteiger partial charge in [-0.25, -0.2) is 0 Å². The van der Waals surface area contributed by atoms with Crippen molar-refractivity contribution in [1.82, 2.24) is 5.32 Å². The van der Waals surface area contributed by atoms with Gasteiger partial charge in [-0.05, 0) is 79.4 Å². The van der Waals surface area contributed by atoms with Gasteiger partial charge in [0.2, 0.25) is 6.79 Å². The minimum atomic E-state index is -0.281. The zero-order chi connectivity index (χ0) is 19.1. The number of rotatable bonds is 6. The number of benzene rings is 1. The lowest BCUT2D eigenvalue weighted by molar-refractivity contribution is -0.155. The summed E-state index contributed by atoms with van der Waals surface area (Å²) in [5.74, 6) is 3.33. The van der Waals surface area contributed by atoms with Gasteiger partial charge in [-0.3, -0.25) is 9.59 Å². The van der Waals surface area contributed by atoms with Crippen LogP contribution >= 0.6 is 0 Å². The number of amides is 1. The molecule has 6 rings (SSSR count). The minimum absolute atomic E-state index is 0.148. The van der Waals surface area contributed by atoms with E-state index in [0.717, 1.165) is 23.3 Å². The molecule has 6 heteroatoms. The molecule has 1 aromatic rings. The summed E-state index contributed by atoms with van der Waals surface area (Å²) in [5, 5.41) is 2.79. The maximum Gasteiger partial charge on any atom is 0.306 e. The van der Waals surface area contributed by atoms with E-state index in [1.165, 1.54) is 38.5 Å². The van der Waals surface area contributed by atoms with Crippen LogP contribution in [-0.4, -0.2) is 25.3 Å². The Hall–Kier alpha value is -2.24. The minimum Gasteiger partial charge on any atom is -0.456 e. The van der Waals surface area contributed by atoms with Gasteiger partial charge in [-0.15, -0.1) is 0 Å². The van der Waals surface area contributed by atoms with Gasteiger partial charge in [0, 0.05) is 6.54 Å². The fourth-order valence-corrected chi connectivity index (χ4v) is 6.31. The molecule has 0 atom stereocenters. The Morgan fingerprint density at radius 1 is 1.04 bits per heavy atom. The van der Waals surface area contributed by atoms with Crippen LogP contribution in [0.4, 0.5) is 0 Å². The van der Waals surface area contributed by atoms with Gasteiger partial charge in [-0.1, -0.05) is 6.07 Å². The van der Waals surface area contributed by atoms with Crippen LogP contribution in [0, 0.1) is 23.2 Å². The molecule has 1 N–H and O–H groups in total. The molecule has 1 aromatic carbocycles. The van der Waals surface area contributed by atoms with E-state index in [1.54, 1.807) is 0 Å². The Balaban J connectivity index is 1.08. The highest BCUT2D eigenvalue weighted by Crippen LogP contribution is 2.61. The smallest absolute Gasteiger partial charge is 0.306 e. The first kappa shape index (κ1) is 17.8. The Morgan fingerprint density at radius 3 is 2.43 bits per heavy atom. The van der Waals surface area contributed by atoms with Crippen LogP contribution in [0.3, 0.4) is 0 Å². The predicted molar refractivity (Wildman–Crippen MR) is 101 cm³/mol. The topological polar surface area (TPSA) is 73.9 Å². The molecule has 4 fully saturated rings. The van der Waals surface area contributed by atoms with Crippen molar-refractivity contribution in [1.29, 1.82) is 0 Å². The number of carbonyl (C=O) groups is 2. The van der Waals surface area contributed by atoms with E-state index in [2.05, 4.69) is 5.32 Å². The van der Waals surface area contributed by atoms with E-state index in [-0.39, 0.29) is 30.7 Å². The van der Waals surface area contributed by atoms with Crippen LogP contribution in [-0.2, 0) is 20.9 Å². The van der Waals surface area contributed by atoms with Crippen molar-refractivity contribution < 1.29 is 23.8 Å². The third kappa shape index (κ3) is 3.56. The van der Waals surface area contributed by atoms with Crippen molar-refractivity contribution in [2.45, 2.75) is 51.5 Å². The summed E-state index contributed by atoms with van der Waals surface area (Å²) in [6.07, 6.45) is 8.06. The van der Waals surface area contributed by atoms with Crippen molar-refractivity contribution in [3.63, 3.8) is 0 Å². The molecule has 1 aliphatic heterocycles. The lowest BCUT2D eigenvalue weighted by atomic mass is 9.49. The average Bonchev–Trinajstić information content (AvgIpc) is 3.11. The molecule has 28 heavy (non-hydrogen) atoms. The van der Waals surface area contributed by atoms with E-state index >= 15 is 0 Å². The molecule has 0 spiro atoms. The second kappa shape index (κ2) is 6.98. The van der Waals surface area contributed by atoms with Crippen LogP contribution < -0.4 is 14.8 Å². The largest absolute Gasteiger partial charge is 0.456 e. The Kier molecular flexibility index (Phi) is 4.44. The quantitative estimate of drug-likeness (QED) is 0.762. The van der Waals surface area contributed by atoms with E-state index in [4.69, 9.17) is 14.2 Å². The van der Waals surface area contributed by atoms with Crippen LogP contribution in [0.25, 0.3) is 0 Å². The fourth-order valence-electron chi connectivity index (χ4n) is 6.31. The molecule has 0 aromatic heterocycles. The Labute approximate surface area is 164 Å². The van der Waals surface area contributed by atoms with E-state index < -0.39 is 0 Å². The van der Waals surface area contributed by atoms with E-state index in [1.807, 2.05) is 18.2 Å². The zero-order valence-electron chi connectivity index (χ0n) is 16.1. The van der Waals surface area contributed by atoms with Gasteiger partial charge in [-0.2, -0.15) is 0 Å². The van der Waals surface area contributed by atoms with Crippen LogP contribution in [0.15, 0.2) is 18.2 Å². The first-order valence-corrected chi connectivity index (χ1v) is 10.4. The number of fused-ring (bicyclic) bond motifs is 1. The second-order valence-corrected chi connectivity index (χ2v) is 9.22. The molecule has 4 aliphatic carbocycles. The van der Waals surface area contributed by atoms with Crippen LogP contribution in [0.2, 0.25) is 0 Å². The van der Waals surface area contributed by atoms with Crippen molar-refractivity contribution in [2.24, 2.45) is 23.2 Å². The van der Waals surface area contributed by atoms with Gasteiger partial charge in [0.1, 0.15) is 0 Å². The second-order valence-electron chi connectivity index (χ2n) is 9.22. The van der Waals surface area contributed by atoms with Crippen LogP contribution in [0.1, 0.15) is 50.5 Å². The SMILES string of the molecule is O=C(COC(=O)CC12CC3CC(CC(C3)C1)C2)NCc1ccc2c(c1)OCO2. The van der Waals surface area contributed by atoms with Gasteiger partial charge in [0.15, 0.2) is 18.1 Å². The van der Waals surface area contributed by atoms with E-state index in [9.17, 15) is 9.59 Å². The van der Waals surface area contributed by atoms with Gasteiger partial charge >= 0.3 is 5.97 Å². The molecule has 5 aliphatic rings. The lowest BCUT2D eigenvalue weighted by Crippen LogP contribution is -2.47. The molecular formula is C22H27NO5. The standard InChI is InChI=1S/C22H27NO5/c24-20(23-11-14-1-2-18-19(6-14)28-13-27-18)12-26-21(25)10-22-7-15-3-16(8-22)5-17(4-15)9-22/h1-2,6,15-17H,3-5,7-13H2,(H,23,24). The number of hydrogen-bond acceptors (Lipinski definition) is 5. The Bertz CT molecular complexity index is 754. The highest BCUT2D eigenvalue weighted by molar-refractivity contribution is 5.80. The molecule has 6 nitrogen and oxygen atoms in total. The molecule has 0 unspecified atom stereocenters. The van der Waals surface area contributed by atoms with E-state index in [0.29, 0.717) is 24.5 Å². The summed E-state index contributed by atoms with van der Waals surface area (Å²) in [5.41, 5.74) is 1.06. The van der Waals surface area contributed by atoms with Crippen LogP contribution in [0.5, 0.6) is 11.5 Å². The number of nitrogens with one attached hydrogen (secondary N) is 1. The number of hydrogen-bond donors (Lipinski definition) is 1. The monoisotopic (exact) mass is 385 g/mol.